The van der Waals surface area contributed by atoms with Crippen molar-refractivity contribution in [2.24, 2.45) is 0 Å². The number of nitrogens with one attached hydrogen (secondary N) is 1. The predicted molar refractivity (Wildman–Crippen MR) is 82.6 cm³/mol. The highest BCUT2D eigenvalue weighted by Crippen LogP contribution is 2.41. The van der Waals surface area contributed by atoms with E-state index in [2.05, 4.69) is 20.1 Å². The Morgan fingerprint density at radius 1 is 1.39 bits per heavy atom. The van der Waals surface area contributed by atoms with Gasteiger partial charge >= 0.3 is 5.97 Å². The molecule has 2 aliphatic heterocycles. The monoisotopic (exact) mass is 314 g/mol. The Labute approximate surface area is 133 Å². The van der Waals surface area contributed by atoms with Crippen LogP contribution < -0.4 is 4.90 Å². The number of fused-ring (bicyclic) bond motifs is 2. The number of piperidine rings is 1. The number of nitrogens with zero attached hydrogens (tertiary/aromatic N) is 3. The Morgan fingerprint density at radius 3 is 3.00 bits per heavy atom. The minimum atomic E-state index is -1.00. The number of carboxylic acid groups (broad SMARTS) is 1. The number of carboxylic acids is 1. The van der Waals surface area contributed by atoms with Gasteiger partial charge in [-0.1, -0.05) is 0 Å². The fourth-order valence-corrected chi connectivity index (χ4v) is 3.58. The van der Waals surface area contributed by atoms with Crippen molar-refractivity contribution in [2.45, 2.75) is 24.9 Å². The summed E-state index contributed by atoms with van der Waals surface area (Å²) in [6.45, 7) is 2.34. The van der Waals surface area contributed by atoms with Gasteiger partial charge in [-0.15, -0.1) is 0 Å². The highest BCUT2D eigenvalue weighted by Gasteiger charge is 2.42. The molecule has 1 spiro atoms. The zero-order chi connectivity index (χ0) is 15.9. The molecule has 0 amide bonds. The third kappa shape index (κ3) is 2.37. The molecule has 2 N–H and O–H groups in total. The fraction of sp³-hybridized carbons (Fsp3) is 0.438. The number of aromatic nitrogens is 3. The Kier molecular flexibility index (Phi) is 3.30. The molecular formula is C16H18N4O3. The lowest BCUT2D eigenvalue weighted by molar-refractivity contribution is -0.0795. The number of anilines is 1. The van der Waals surface area contributed by atoms with Gasteiger partial charge in [-0.2, -0.15) is 5.10 Å². The van der Waals surface area contributed by atoms with Crippen LogP contribution in [0.25, 0.3) is 0 Å². The zero-order valence-electron chi connectivity index (χ0n) is 12.7. The molecule has 4 heterocycles. The first-order valence-corrected chi connectivity index (χ1v) is 7.79. The average molecular weight is 314 g/mol. The normalized spacial score (nSPS) is 19.6. The van der Waals surface area contributed by atoms with E-state index in [4.69, 9.17) is 9.84 Å². The molecule has 1 saturated heterocycles. The van der Waals surface area contributed by atoms with Gasteiger partial charge in [0.1, 0.15) is 11.3 Å². The van der Waals surface area contributed by atoms with E-state index in [1.54, 1.807) is 12.3 Å². The summed E-state index contributed by atoms with van der Waals surface area (Å²) in [4.78, 5) is 17.1. The van der Waals surface area contributed by atoms with Gasteiger partial charge in [-0.25, -0.2) is 9.78 Å². The molecule has 120 valence electrons. The highest BCUT2D eigenvalue weighted by molar-refractivity contribution is 5.86. The lowest BCUT2D eigenvalue weighted by atomic mass is 9.83. The molecule has 0 aliphatic carbocycles. The van der Waals surface area contributed by atoms with E-state index in [0.29, 0.717) is 0 Å². The Morgan fingerprint density at radius 2 is 2.22 bits per heavy atom. The first-order chi connectivity index (χ1) is 11.2. The number of pyridine rings is 1. The summed E-state index contributed by atoms with van der Waals surface area (Å²) in [6.07, 6.45) is 6.06. The van der Waals surface area contributed by atoms with Crippen LogP contribution in [0.5, 0.6) is 0 Å². The number of aromatic amines is 1. The van der Waals surface area contributed by atoms with Crippen molar-refractivity contribution in [3.05, 3.63) is 41.5 Å². The van der Waals surface area contributed by atoms with Crippen molar-refractivity contribution >= 4 is 11.7 Å². The number of ether oxygens (including phenoxy) is 1. The van der Waals surface area contributed by atoms with Crippen LogP contribution in [0.2, 0.25) is 0 Å². The van der Waals surface area contributed by atoms with Crippen molar-refractivity contribution < 1.29 is 14.6 Å². The summed E-state index contributed by atoms with van der Waals surface area (Å²) >= 11 is 0. The van der Waals surface area contributed by atoms with E-state index in [1.165, 1.54) is 5.56 Å². The van der Waals surface area contributed by atoms with Crippen LogP contribution in [0.3, 0.4) is 0 Å². The van der Waals surface area contributed by atoms with E-state index >= 15 is 0 Å². The predicted octanol–water partition coefficient (Wildman–Crippen LogP) is 1.57. The van der Waals surface area contributed by atoms with E-state index in [0.717, 1.165) is 50.3 Å². The van der Waals surface area contributed by atoms with Gasteiger partial charge in [-0.3, -0.25) is 5.10 Å². The van der Waals surface area contributed by atoms with Crippen molar-refractivity contribution in [2.75, 3.05) is 24.6 Å². The SMILES string of the molecule is O=C(O)c1cc(N2CCC3(CC2)OCCc2cn[nH]c23)ccn1. The number of H-pyrrole nitrogens is 1. The number of rotatable bonds is 2. The molecule has 0 bridgehead atoms. The van der Waals surface area contributed by atoms with Gasteiger partial charge < -0.3 is 14.7 Å². The first kappa shape index (κ1) is 14.2. The maximum absolute atomic E-state index is 11.1. The van der Waals surface area contributed by atoms with E-state index in [1.807, 2.05) is 12.3 Å². The molecule has 7 heteroatoms. The summed E-state index contributed by atoms with van der Waals surface area (Å²) < 4.78 is 6.13. The zero-order valence-corrected chi connectivity index (χ0v) is 12.7. The smallest absolute Gasteiger partial charge is 0.354 e. The van der Waals surface area contributed by atoms with Crippen molar-refractivity contribution in [1.82, 2.24) is 15.2 Å². The first-order valence-electron chi connectivity index (χ1n) is 7.79. The van der Waals surface area contributed by atoms with Gasteiger partial charge in [0.2, 0.25) is 0 Å². The van der Waals surface area contributed by atoms with Gasteiger partial charge in [0, 0.05) is 25.0 Å². The molecule has 0 aromatic carbocycles. The summed E-state index contributed by atoms with van der Waals surface area (Å²) in [7, 11) is 0. The van der Waals surface area contributed by atoms with Crippen LogP contribution in [0.4, 0.5) is 5.69 Å². The fourth-order valence-electron chi connectivity index (χ4n) is 3.58. The number of hydrogen-bond acceptors (Lipinski definition) is 5. The average Bonchev–Trinajstić information content (AvgIpc) is 3.06. The van der Waals surface area contributed by atoms with Crippen LogP contribution in [0.15, 0.2) is 24.5 Å². The van der Waals surface area contributed by atoms with Crippen molar-refractivity contribution in [3.63, 3.8) is 0 Å². The second-order valence-electron chi connectivity index (χ2n) is 6.05. The lowest BCUT2D eigenvalue weighted by Gasteiger charge is -2.44. The molecular weight excluding hydrogens is 296 g/mol. The van der Waals surface area contributed by atoms with Crippen molar-refractivity contribution in [3.8, 4) is 0 Å². The van der Waals surface area contributed by atoms with Crippen LogP contribution in [-0.2, 0) is 16.8 Å². The minimum absolute atomic E-state index is 0.0764. The Hall–Kier alpha value is -2.41. The van der Waals surface area contributed by atoms with Crippen molar-refractivity contribution in [1.29, 1.82) is 0 Å². The van der Waals surface area contributed by atoms with Gasteiger partial charge in [0.05, 0.1) is 18.5 Å². The molecule has 2 aliphatic rings. The number of hydrogen-bond donors (Lipinski definition) is 2. The summed E-state index contributed by atoms with van der Waals surface area (Å²) in [5, 5.41) is 16.4. The maximum Gasteiger partial charge on any atom is 0.354 e. The molecule has 1 fully saturated rings. The molecule has 0 radical (unpaired) electrons. The minimum Gasteiger partial charge on any atom is -0.477 e. The van der Waals surface area contributed by atoms with Gasteiger partial charge in [0.15, 0.2) is 0 Å². The molecule has 0 saturated carbocycles. The summed E-state index contributed by atoms with van der Waals surface area (Å²) in [5.41, 5.74) is 3.06. The molecule has 2 aromatic heterocycles. The summed E-state index contributed by atoms with van der Waals surface area (Å²) in [5.74, 6) is -1.00. The molecule has 23 heavy (non-hydrogen) atoms. The van der Waals surface area contributed by atoms with Crippen LogP contribution in [-0.4, -0.2) is 46.0 Å². The molecule has 4 rings (SSSR count). The molecule has 0 atom stereocenters. The van der Waals surface area contributed by atoms with Gasteiger partial charge in [0.25, 0.3) is 0 Å². The third-order valence-corrected chi connectivity index (χ3v) is 4.82. The third-order valence-electron chi connectivity index (χ3n) is 4.82. The second-order valence-corrected chi connectivity index (χ2v) is 6.05. The maximum atomic E-state index is 11.1. The van der Waals surface area contributed by atoms with E-state index < -0.39 is 5.97 Å². The number of carbonyl (C=O) groups is 1. The number of aromatic carboxylic acids is 1. The standard InChI is InChI=1S/C16H18N4O3/c21-15(22)13-9-12(1-5-17-13)20-6-3-16(4-7-20)14-11(2-8-23-16)10-18-19-14/h1,5,9-10H,2-4,6-8H2,(H,18,19)(H,21,22). The van der Waals surface area contributed by atoms with E-state index in [-0.39, 0.29) is 11.3 Å². The Balaban J connectivity index is 1.54. The molecule has 7 nitrogen and oxygen atoms in total. The molecule has 0 unspecified atom stereocenters. The largest absolute Gasteiger partial charge is 0.477 e. The summed E-state index contributed by atoms with van der Waals surface area (Å²) in [6, 6.07) is 3.48. The van der Waals surface area contributed by atoms with Crippen LogP contribution in [0.1, 0.15) is 34.6 Å². The molecule has 2 aromatic rings. The van der Waals surface area contributed by atoms with Crippen LogP contribution >= 0.6 is 0 Å². The Bertz CT molecular complexity index is 734. The second kappa shape index (κ2) is 5.34. The quantitative estimate of drug-likeness (QED) is 0.874. The van der Waals surface area contributed by atoms with Crippen LogP contribution in [0, 0.1) is 0 Å². The van der Waals surface area contributed by atoms with Gasteiger partial charge in [-0.05, 0) is 37.0 Å². The highest BCUT2D eigenvalue weighted by atomic mass is 16.5. The topological polar surface area (TPSA) is 91.3 Å². The van der Waals surface area contributed by atoms with E-state index in [9.17, 15) is 4.79 Å². The lowest BCUT2D eigenvalue weighted by Crippen LogP contribution is -2.46.